The third-order valence-corrected chi connectivity index (χ3v) is 2.63. The van der Waals surface area contributed by atoms with Crippen LogP contribution in [0.15, 0.2) is 18.2 Å². The Bertz CT molecular complexity index is 323. The Balaban J connectivity index is 2.58. The van der Waals surface area contributed by atoms with Crippen LogP contribution >= 0.6 is 0 Å². The van der Waals surface area contributed by atoms with E-state index >= 15 is 0 Å². The van der Waals surface area contributed by atoms with E-state index in [0.717, 1.165) is 6.07 Å². The van der Waals surface area contributed by atoms with E-state index in [2.05, 4.69) is 19.2 Å². The number of hydrogen-bond donors (Lipinski definition) is 1. The second-order valence-corrected chi connectivity index (χ2v) is 4.15. The van der Waals surface area contributed by atoms with Crippen molar-refractivity contribution in [3.63, 3.8) is 0 Å². The van der Waals surface area contributed by atoms with Gasteiger partial charge in [-0.25, -0.2) is 8.78 Å². The standard InChI is InChI=1S/C12H17F2N/c1-8(2)9(3)15-7-10-4-5-11(13)6-12(10)14/h4-6,8-9,15H,7H2,1-3H3. The first kappa shape index (κ1) is 12.1. The number of benzene rings is 1. The van der Waals surface area contributed by atoms with Gasteiger partial charge in [0.15, 0.2) is 0 Å². The molecule has 1 rings (SSSR count). The minimum absolute atomic E-state index is 0.314. The lowest BCUT2D eigenvalue weighted by Crippen LogP contribution is -2.30. The van der Waals surface area contributed by atoms with Crippen LogP contribution in [0.25, 0.3) is 0 Å². The van der Waals surface area contributed by atoms with Gasteiger partial charge in [0.2, 0.25) is 0 Å². The van der Waals surface area contributed by atoms with Crippen LogP contribution in [0.4, 0.5) is 8.78 Å². The van der Waals surface area contributed by atoms with Crippen molar-refractivity contribution < 1.29 is 8.78 Å². The highest BCUT2D eigenvalue weighted by atomic mass is 19.1. The molecule has 0 heterocycles. The van der Waals surface area contributed by atoms with Gasteiger partial charge in [0.25, 0.3) is 0 Å². The number of hydrogen-bond acceptors (Lipinski definition) is 1. The summed E-state index contributed by atoms with van der Waals surface area (Å²) in [6.07, 6.45) is 0. The Kier molecular flexibility index (Phi) is 4.21. The normalized spacial score (nSPS) is 13.2. The van der Waals surface area contributed by atoms with Crippen molar-refractivity contribution in [2.75, 3.05) is 0 Å². The van der Waals surface area contributed by atoms with Crippen molar-refractivity contribution >= 4 is 0 Å². The smallest absolute Gasteiger partial charge is 0.130 e. The van der Waals surface area contributed by atoms with Crippen molar-refractivity contribution in [2.45, 2.75) is 33.4 Å². The fourth-order valence-electron chi connectivity index (χ4n) is 1.17. The molecule has 1 unspecified atom stereocenters. The summed E-state index contributed by atoms with van der Waals surface area (Å²) >= 11 is 0. The molecule has 1 aromatic rings. The molecule has 0 bridgehead atoms. The van der Waals surface area contributed by atoms with Gasteiger partial charge < -0.3 is 5.32 Å². The molecule has 0 saturated carbocycles. The van der Waals surface area contributed by atoms with Gasteiger partial charge in [-0.3, -0.25) is 0 Å². The van der Waals surface area contributed by atoms with Crippen LogP contribution in [0.1, 0.15) is 26.3 Å². The summed E-state index contributed by atoms with van der Waals surface area (Å²) in [5.74, 6) is -0.528. The molecule has 0 fully saturated rings. The highest BCUT2D eigenvalue weighted by molar-refractivity contribution is 5.18. The molecule has 84 valence electrons. The van der Waals surface area contributed by atoms with Gasteiger partial charge in [0, 0.05) is 24.2 Å². The zero-order chi connectivity index (χ0) is 11.4. The molecule has 1 N–H and O–H groups in total. The second kappa shape index (κ2) is 5.21. The molecular weight excluding hydrogens is 196 g/mol. The Morgan fingerprint density at radius 1 is 1.20 bits per heavy atom. The lowest BCUT2D eigenvalue weighted by molar-refractivity contribution is 0.421. The largest absolute Gasteiger partial charge is 0.310 e. The van der Waals surface area contributed by atoms with Crippen LogP contribution in [0.2, 0.25) is 0 Å². The van der Waals surface area contributed by atoms with Crippen LogP contribution in [-0.2, 0) is 6.54 Å². The predicted octanol–water partition coefficient (Wildman–Crippen LogP) is 3.10. The quantitative estimate of drug-likeness (QED) is 0.810. The Hall–Kier alpha value is -0.960. The molecule has 0 amide bonds. The maximum atomic E-state index is 13.2. The van der Waals surface area contributed by atoms with E-state index in [-0.39, 0.29) is 0 Å². The van der Waals surface area contributed by atoms with Crippen molar-refractivity contribution in [1.82, 2.24) is 5.32 Å². The minimum atomic E-state index is -0.534. The molecule has 1 aromatic carbocycles. The van der Waals surface area contributed by atoms with Crippen molar-refractivity contribution in [1.29, 1.82) is 0 Å². The topological polar surface area (TPSA) is 12.0 Å². The third kappa shape index (κ3) is 3.59. The monoisotopic (exact) mass is 213 g/mol. The number of rotatable bonds is 4. The molecule has 15 heavy (non-hydrogen) atoms. The average molecular weight is 213 g/mol. The molecule has 0 aliphatic carbocycles. The van der Waals surface area contributed by atoms with Gasteiger partial charge in [-0.15, -0.1) is 0 Å². The zero-order valence-electron chi connectivity index (χ0n) is 9.35. The Morgan fingerprint density at radius 2 is 1.87 bits per heavy atom. The van der Waals surface area contributed by atoms with Gasteiger partial charge in [-0.05, 0) is 18.9 Å². The van der Waals surface area contributed by atoms with Crippen LogP contribution in [0.5, 0.6) is 0 Å². The summed E-state index contributed by atoms with van der Waals surface area (Å²) in [5.41, 5.74) is 0.504. The summed E-state index contributed by atoms with van der Waals surface area (Å²) in [4.78, 5) is 0. The van der Waals surface area contributed by atoms with E-state index in [1.165, 1.54) is 12.1 Å². The van der Waals surface area contributed by atoms with Crippen molar-refractivity contribution in [3.05, 3.63) is 35.4 Å². The summed E-state index contributed by atoms with van der Waals surface area (Å²) in [6.45, 7) is 6.68. The molecule has 0 spiro atoms. The van der Waals surface area contributed by atoms with Gasteiger partial charge in [0.1, 0.15) is 11.6 Å². The Morgan fingerprint density at radius 3 is 2.40 bits per heavy atom. The van der Waals surface area contributed by atoms with E-state index < -0.39 is 11.6 Å². The first-order valence-corrected chi connectivity index (χ1v) is 5.18. The third-order valence-electron chi connectivity index (χ3n) is 2.63. The molecule has 0 aliphatic heterocycles. The lowest BCUT2D eigenvalue weighted by atomic mass is 10.1. The van der Waals surface area contributed by atoms with E-state index in [4.69, 9.17) is 0 Å². The summed E-state index contributed by atoms with van der Waals surface area (Å²) < 4.78 is 25.8. The summed E-state index contributed by atoms with van der Waals surface area (Å²) in [5, 5.41) is 3.20. The summed E-state index contributed by atoms with van der Waals surface area (Å²) in [7, 11) is 0. The van der Waals surface area contributed by atoms with E-state index in [9.17, 15) is 8.78 Å². The molecule has 3 heteroatoms. The molecule has 0 radical (unpaired) electrons. The first-order valence-electron chi connectivity index (χ1n) is 5.18. The molecule has 0 aromatic heterocycles. The fraction of sp³-hybridized carbons (Fsp3) is 0.500. The summed E-state index contributed by atoms with van der Waals surface area (Å²) in [6, 6.07) is 3.98. The van der Waals surface area contributed by atoms with Gasteiger partial charge in [-0.1, -0.05) is 19.9 Å². The SMILES string of the molecule is CC(C)C(C)NCc1ccc(F)cc1F. The van der Waals surface area contributed by atoms with Crippen LogP contribution < -0.4 is 5.32 Å². The average Bonchev–Trinajstić information content (AvgIpc) is 2.15. The zero-order valence-corrected chi connectivity index (χ0v) is 9.35. The van der Waals surface area contributed by atoms with E-state index in [1.54, 1.807) is 0 Å². The molecule has 0 aliphatic rings. The minimum Gasteiger partial charge on any atom is -0.310 e. The second-order valence-electron chi connectivity index (χ2n) is 4.15. The van der Waals surface area contributed by atoms with Crippen LogP contribution in [-0.4, -0.2) is 6.04 Å². The number of halogens is 2. The molecule has 1 atom stereocenters. The lowest BCUT2D eigenvalue weighted by Gasteiger charge is -2.17. The van der Waals surface area contributed by atoms with Crippen LogP contribution in [0.3, 0.4) is 0 Å². The van der Waals surface area contributed by atoms with E-state index in [1.807, 2.05) is 6.92 Å². The molecule has 1 nitrogen and oxygen atoms in total. The molecular formula is C12H17F2N. The van der Waals surface area contributed by atoms with Crippen LogP contribution in [0, 0.1) is 17.6 Å². The fourth-order valence-corrected chi connectivity index (χ4v) is 1.17. The number of nitrogens with one attached hydrogen (secondary N) is 1. The van der Waals surface area contributed by atoms with Gasteiger partial charge in [-0.2, -0.15) is 0 Å². The Labute approximate surface area is 89.5 Å². The molecule has 0 saturated heterocycles. The maximum Gasteiger partial charge on any atom is 0.130 e. The first-order chi connectivity index (χ1) is 7.00. The van der Waals surface area contributed by atoms with Crippen molar-refractivity contribution in [3.8, 4) is 0 Å². The van der Waals surface area contributed by atoms with Crippen molar-refractivity contribution in [2.24, 2.45) is 5.92 Å². The van der Waals surface area contributed by atoms with E-state index in [0.29, 0.717) is 24.1 Å². The van der Waals surface area contributed by atoms with Gasteiger partial charge >= 0.3 is 0 Å². The highest BCUT2D eigenvalue weighted by Crippen LogP contribution is 2.10. The highest BCUT2D eigenvalue weighted by Gasteiger charge is 2.08. The predicted molar refractivity (Wildman–Crippen MR) is 57.5 cm³/mol. The van der Waals surface area contributed by atoms with Gasteiger partial charge in [0.05, 0.1) is 0 Å². The maximum absolute atomic E-state index is 13.2.